The van der Waals surface area contributed by atoms with Crippen LogP contribution in [-0.4, -0.2) is 38.3 Å². The lowest BCUT2D eigenvalue weighted by Crippen LogP contribution is -2.47. The lowest BCUT2D eigenvalue weighted by Gasteiger charge is -2.27. The van der Waals surface area contributed by atoms with Crippen LogP contribution >= 0.6 is 0 Å². The van der Waals surface area contributed by atoms with Crippen molar-refractivity contribution in [2.24, 2.45) is 0 Å². The van der Waals surface area contributed by atoms with Crippen molar-refractivity contribution < 1.29 is 33.0 Å². The zero-order chi connectivity index (χ0) is 20.8. The van der Waals surface area contributed by atoms with E-state index in [2.05, 4.69) is 10.6 Å². The number of hydrogen-bond donors (Lipinski definition) is 2. The zero-order valence-corrected chi connectivity index (χ0v) is 15.9. The molecule has 9 heteroatoms. The average Bonchev–Trinajstić information content (AvgIpc) is 3.26. The number of furan rings is 1. The predicted molar refractivity (Wildman–Crippen MR) is 100 cm³/mol. The number of urea groups is 1. The second-order valence-electron chi connectivity index (χ2n) is 5.94. The highest BCUT2D eigenvalue weighted by Crippen LogP contribution is 2.28. The third-order valence-corrected chi connectivity index (χ3v) is 4.15. The van der Waals surface area contributed by atoms with Gasteiger partial charge in [-0.3, -0.25) is 0 Å². The Morgan fingerprint density at radius 3 is 2.59 bits per heavy atom. The van der Waals surface area contributed by atoms with Crippen molar-refractivity contribution in [1.82, 2.24) is 10.6 Å². The standard InChI is InChI=1S/C20H20N2O7/c1-3-27-19(24)16-13(21-20(25)22-17(16)15-9-6-10-28-15)11-29-18(23)12-7-4-5-8-14(12)26-2/h4-10,17H,3,11H2,1-2H3,(H2,21,22,25). The molecule has 0 radical (unpaired) electrons. The van der Waals surface area contributed by atoms with Gasteiger partial charge < -0.3 is 29.3 Å². The van der Waals surface area contributed by atoms with Gasteiger partial charge >= 0.3 is 18.0 Å². The SMILES string of the molecule is CCOC(=O)C1=C(COC(=O)c2ccccc2OC)NC(=O)NC1c1ccco1. The van der Waals surface area contributed by atoms with Gasteiger partial charge in [0.2, 0.25) is 0 Å². The molecule has 1 atom stereocenters. The second-order valence-corrected chi connectivity index (χ2v) is 5.94. The minimum absolute atomic E-state index is 0.0919. The van der Waals surface area contributed by atoms with E-state index in [1.165, 1.54) is 13.4 Å². The van der Waals surface area contributed by atoms with Gasteiger partial charge in [0.15, 0.2) is 0 Å². The summed E-state index contributed by atoms with van der Waals surface area (Å²) in [5, 5.41) is 5.12. The van der Waals surface area contributed by atoms with E-state index in [4.69, 9.17) is 18.6 Å². The van der Waals surface area contributed by atoms with Crippen LogP contribution in [0.3, 0.4) is 0 Å². The van der Waals surface area contributed by atoms with Crippen molar-refractivity contribution >= 4 is 18.0 Å². The van der Waals surface area contributed by atoms with Gasteiger partial charge in [0.1, 0.15) is 29.7 Å². The molecule has 0 saturated carbocycles. The third-order valence-electron chi connectivity index (χ3n) is 4.15. The lowest BCUT2D eigenvalue weighted by molar-refractivity contribution is -0.139. The molecule has 1 aliphatic heterocycles. The van der Waals surface area contributed by atoms with Gasteiger partial charge in [-0.25, -0.2) is 14.4 Å². The summed E-state index contributed by atoms with van der Waals surface area (Å²) in [6, 6.07) is 8.37. The molecule has 0 fully saturated rings. The summed E-state index contributed by atoms with van der Waals surface area (Å²) in [7, 11) is 1.44. The Bertz CT molecular complexity index is 934. The van der Waals surface area contributed by atoms with Gasteiger partial charge in [0.25, 0.3) is 0 Å². The van der Waals surface area contributed by atoms with Crippen molar-refractivity contribution in [1.29, 1.82) is 0 Å². The Labute approximate surface area is 166 Å². The molecule has 2 heterocycles. The second kappa shape index (κ2) is 8.96. The summed E-state index contributed by atoms with van der Waals surface area (Å²) in [4.78, 5) is 37.1. The van der Waals surface area contributed by atoms with Crippen LogP contribution in [-0.2, 0) is 14.3 Å². The first-order chi connectivity index (χ1) is 14.0. The van der Waals surface area contributed by atoms with Crippen LogP contribution in [0.2, 0.25) is 0 Å². The predicted octanol–water partition coefficient (Wildman–Crippen LogP) is 2.32. The molecule has 1 aromatic heterocycles. The van der Waals surface area contributed by atoms with E-state index in [-0.39, 0.29) is 30.0 Å². The van der Waals surface area contributed by atoms with E-state index < -0.39 is 24.0 Å². The highest BCUT2D eigenvalue weighted by Gasteiger charge is 2.35. The van der Waals surface area contributed by atoms with Crippen LogP contribution in [0.25, 0.3) is 0 Å². The average molecular weight is 400 g/mol. The normalized spacial score (nSPS) is 15.9. The Balaban J connectivity index is 1.90. The topological polar surface area (TPSA) is 116 Å². The maximum absolute atomic E-state index is 12.6. The lowest BCUT2D eigenvalue weighted by atomic mass is 10.0. The molecule has 3 rings (SSSR count). The first-order valence-electron chi connectivity index (χ1n) is 8.86. The number of esters is 2. The summed E-state index contributed by atoms with van der Waals surface area (Å²) in [5.41, 5.74) is 0.419. The largest absolute Gasteiger partial charge is 0.496 e. The number of methoxy groups -OCH3 is 1. The van der Waals surface area contributed by atoms with Gasteiger partial charge in [-0.2, -0.15) is 0 Å². The third kappa shape index (κ3) is 4.40. The molecule has 1 aliphatic rings. The van der Waals surface area contributed by atoms with Gasteiger partial charge in [-0.15, -0.1) is 0 Å². The molecular formula is C20H20N2O7. The number of rotatable bonds is 7. The van der Waals surface area contributed by atoms with E-state index in [0.29, 0.717) is 11.5 Å². The Morgan fingerprint density at radius 2 is 1.90 bits per heavy atom. The molecule has 29 heavy (non-hydrogen) atoms. The van der Waals surface area contributed by atoms with E-state index in [9.17, 15) is 14.4 Å². The maximum Gasteiger partial charge on any atom is 0.342 e. The van der Waals surface area contributed by atoms with Crippen LogP contribution in [0.1, 0.15) is 29.1 Å². The fraction of sp³-hybridized carbons (Fsp3) is 0.250. The molecule has 152 valence electrons. The van der Waals surface area contributed by atoms with E-state index >= 15 is 0 Å². The molecule has 0 aliphatic carbocycles. The smallest absolute Gasteiger partial charge is 0.342 e. The Hall–Kier alpha value is -3.75. The highest BCUT2D eigenvalue weighted by molar-refractivity contribution is 5.96. The van der Waals surface area contributed by atoms with E-state index in [1.807, 2.05) is 0 Å². The van der Waals surface area contributed by atoms with Crippen molar-refractivity contribution in [3.8, 4) is 5.75 Å². The molecule has 1 unspecified atom stereocenters. The Morgan fingerprint density at radius 1 is 1.10 bits per heavy atom. The fourth-order valence-corrected chi connectivity index (χ4v) is 2.88. The van der Waals surface area contributed by atoms with Crippen molar-refractivity contribution in [2.75, 3.05) is 20.3 Å². The minimum atomic E-state index is -0.877. The molecule has 0 spiro atoms. The summed E-state index contributed by atoms with van der Waals surface area (Å²) in [5.74, 6) is -0.637. The van der Waals surface area contributed by atoms with Crippen molar-refractivity contribution in [2.45, 2.75) is 13.0 Å². The maximum atomic E-state index is 12.6. The number of carbonyl (C=O) groups excluding carboxylic acids is 3. The molecule has 2 N–H and O–H groups in total. The van der Waals surface area contributed by atoms with Gasteiger partial charge in [-0.1, -0.05) is 12.1 Å². The molecule has 2 aromatic rings. The molecule has 0 saturated heterocycles. The van der Waals surface area contributed by atoms with Crippen molar-refractivity contribution in [3.05, 3.63) is 65.3 Å². The molecule has 0 bridgehead atoms. The summed E-state index contributed by atoms with van der Waals surface area (Å²) in [6.07, 6.45) is 1.42. The first-order valence-corrected chi connectivity index (χ1v) is 8.86. The number of ether oxygens (including phenoxy) is 3. The van der Waals surface area contributed by atoms with Crippen LogP contribution < -0.4 is 15.4 Å². The molecule has 1 aromatic carbocycles. The first kappa shape index (κ1) is 20.0. The van der Waals surface area contributed by atoms with Gasteiger partial charge in [0.05, 0.1) is 31.2 Å². The summed E-state index contributed by atoms with van der Waals surface area (Å²) >= 11 is 0. The van der Waals surface area contributed by atoms with Crippen LogP contribution in [0.15, 0.2) is 58.3 Å². The zero-order valence-electron chi connectivity index (χ0n) is 15.9. The summed E-state index contributed by atoms with van der Waals surface area (Å²) < 4.78 is 20.9. The van der Waals surface area contributed by atoms with Crippen LogP contribution in [0.5, 0.6) is 5.75 Å². The number of para-hydroxylation sites is 1. The fourth-order valence-electron chi connectivity index (χ4n) is 2.88. The number of hydrogen-bond acceptors (Lipinski definition) is 7. The number of benzene rings is 1. The summed E-state index contributed by atoms with van der Waals surface area (Å²) in [6.45, 7) is 1.45. The molecule has 2 amide bonds. The monoisotopic (exact) mass is 400 g/mol. The highest BCUT2D eigenvalue weighted by atomic mass is 16.5. The number of amides is 2. The van der Waals surface area contributed by atoms with Gasteiger partial charge in [-0.05, 0) is 31.2 Å². The van der Waals surface area contributed by atoms with Crippen LogP contribution in [0, 0.1) is 0 Å². The van der Waals surface area contributed by atoms with E-state index in [1.54, 1.807) is 43.3 Å². The number of carbonyl (C=O) groups is 3. The quantitative estimate of drug-likeness (QED) is 0.685. The molecule has 9 nitrogen and oxygen atoms in total. The van der Waals surface area contributed by atoms with Gasteiger partial charge in [0, 0.05) is 0 Å². The Kier molecular flexibility index (Phi) is 6.18. The number of nitrogens with one attached hydrogen (secondary N) is 2. The molecular weight excluding hydrogens is 380 g/mol. The van der Waals surface area contributed by atoms with E-state index in [0.717, 1.165) is 0 Å². The van der Waals surface area contributed by atoms with Crippen LogP contribution in [0.4, 0.5) is 4.79 Å². The minimum Gasteiger partial charge on any atom is -0.496 e. The van der Waals surface area contributed by atoms with Crippen molar-refractivity contribution in [3.63, 3.8) is 0 Å².